The van der Waals surface area contributed by atoms with Crippen LogP contribution in [0.25, 0.3) is 0 Å². The van der Waals surface area contributed by atoms with Crippen LogP contribution >= 0.6 is 0 Å². The van der Waals surface area contributed by atoms with E-state index in [9.17, 15) is 9.59 Å². The summed E-state index contributed by atoms with van der Waals surface area (Å²) in [5, 5.41) is 9.13. The number of nitrogens with zero attached hydrogens (tertiary/aromatic N) is 3. The Morgan fingerprint density at radius 1 is 1.29 bits per heavy atom. The van der Waals surface area contributed by atoms with Crippen LogP contribution in [0.2, 0.25) is 0 Å². The molecule has 0 atom stereocenters. The topological polar surface area (TPSA) is 64.4 Å². The van der Waals surface area contributed by atoms with E-state index in [4.69, 9.17) is 5.26 Å². The minimum Gasteiger partial charge on any atom is -0.344 e. The molecule has 1 aromatic carbocycles. The highest BCUT2D eigenvalue weighted by atomic mass is 16.2. The number of hydrogen-bond acceptors (Lipinski definition) is 3. The molecule has 0 spiro atoms. The van der Waals surface area contributed by atoms with Crippen molar-refractivity contribution >= 4 is 17.5 Å². The van der Waals surface area contributed by atoms with Gasteiger partial charge in [0.25, 0.3) is 0 Å². The third kappa shape index (κ3) is 4.60. The summed E-state index contributed by atoms with van der Waals surface area (Å²) in [6.07, 6.45) is 1.93. The molecule has 0 unspecified atom stereocenters. The van der Waals surface area contributed by atoms with E-state index < -0.39 is 0 Å². The van der Waals surface area contributed by atoms with Crippen LogP contribution in [-0.4, -0.2) is 36.9 Å². The Hall–Kier alpha value is -2.35. The molecule has 1 rings (SSSR count). The average Bonchev–Trinajstić information content (AvgIpc) is 2.49. The van der Waals surface area contributed by atoms with Gasteiger partial charge in [0.15, 0.2) is 0 Å². The number of rotatable bonds is 6. The zero-order chi connectivity index (χ0) is 15.8. The van der Waals surface area contributed by atoms with Crippen molar-refractivity contribution in [2.75, 3.05) is 25.0 Å². The summed E-state index contributed by atoms with van der Waals surface area (Å²) in [4.78, 5) is 27.0. The molecule has 1 aromatic rings. The molecule has 0 N–H and O–H groups in total. The summed E-state index contributed by atoms with van der Waals surface area (Å²) in [5.74, 6) is -0.388. The van der Waals surface area contributed by atoms with E-state index in [0.29, 0.717) is 17.8 Å². The second-order valence-electron chi connectivity index (χ2n) is 4.90. The van der Waals surface area contributed by atoms with Gasteiger partial charge in [-0.05, 0) is 18.6 Å². The fraction of sp³-hybridized carbons (Fsp3) is 0.438. The minimum atomic E-state index is -0.255. The van der Waals surface area contributed by atoms with Crippen molar-refractivity contribution in [2.45, 2.75) is 26.7 Å². The highest BCUT2D eigenvalue weighted by Crippen LogP contribution is 2.19. The molecular formula is C16H21N3O2. The Kier molecular flexibility index (Phi) is 6.41. The molecule has 2 amide bonds. The summed E-state index contributed by atoms with van der Waals surface area (Å²) in [6.45, 7) is 4.08. The number of anilines is 1. The second kappa shape index (κ2) is 8.05. The van der Waals surface area contributed by atoms with Crippen molar-refractivity contribution in [3.05, 3.63) is 29.8 Å². The first-order valence-electron chi connectivity index (χ1n) is 7.02. The number of hydrogen-bond donors (Lipinski definition) is 0. The molecule has 0 aromatic heterocycles. The molecule has 0 bridgehead atoms. The Morgan fingerprint density at radius 3 is 2.52 bits per heavy atom. The van der Waals surface area contributed by atoms with E-state index in [2.05, 4.69) is 6.92 Å². The lowest BCUT2D eigenvalue weighted by Gasteiger charge is -2.25. The Labute approximate surface area is 125 Å². The number of nitriles is 1. The molecule has 0 heterocycles. The molecule has 0 aliphatic heterocycles. The van der Waals surface area contributed by atoms with E-state index >= 15 is 0 Å². The summed E-state index contributed by atoms with van der Waals surface area (Å²) < 4.78 is 0. The van der Waals surface area contributed by atoms with Crippen LogP contribution in [0.15, 0.2) is 24.3 Å². The SMILES string of the molecule is CCCCN(C)C(=O)CN(C(C)=O)c1ccccc1C#N. The predicted molar refractivity (Wildman–Crippen MR) is 81.7 cm³/mol. The second-order valence-corrected chi connectivity index (χ2v) is 4.90. The van der Waals surface area contributed by atoms with Gasteiger partial charge < -0.3 is 9.80 Å². The molecule has 0 aliphatic carbocycles. The van der Waals surface area contributed by atoms with E-state index in [1.165, 1.54) is 11.8 Å². The summed E-state index contributed by atoms with van der Waals surface area (Å²) in [7, 11) is 1.73. The van der Waals surface area contributed by atoms with Gasteiger partial charge in [0, 0.05) is 20.5 Å². The first-order valence-corrected chi connectivity index (χ1v) is 7.02. The first kappa shape index (κ1) is 16.7. The zero-order valence-corrected chi connectivity index (χ0v) is 12.8. The number of unbranched alkanes of at least 4 members (excludes halogenated alkanes) is 1. The number of carbonyl (C=O) groups is 2. The normalized spacial score (nSPS) is 9.81. The van der Waals surface area contributed by atoms with Crippen LogP contribution in [-0.2, 0) is 9.59 Å². The van der Waals surface area contributed by atoms with Crippen molar-refractivity contribution in [1.29, 1.82) is 5.26 Å². The van der Waals surface area contributed by atoms with Gasteiger partial charge in [0.2, 0.25) is 11.8 Å². The van der Waals surface area contributed by atoms with Crippen molar-refractivity contribution < 1.29 is 9.59 Å². The predicted octanol–water partition coefficient (Wildman–Crippen LogP) is 2.17. The van der Waals surface area contributed by atoms with Crippen molar-refractivity contribution in [3.8, 4) is 6.07 Å². The molecule has 0 saturated carbocycles. The fourth-order valence-corrected chi connectivity index (χ4v) is 1.95. The Bertz CT molecular complexity index is 549. The van der Waals surface area contributed by atoms with Crippen LogP contribution in [0.5, 0.6) is 0 Å². The van der Waals surface area contributed by atoms with Crippen molar-refractivity contribution in [3.63, 3.8) is 0 Å². The summed E-state index contributed by atoms with van der Waals surface area (Å²) in [5.41, 5.74) is 0.862. The van der Waals surface area contributed by atoms with Crippen LogP contribution in [0.3, 0.4) is 0 Å². The first-order chi connectivity index (χ1) is 10.0. The zero-order valence-electron chi connectivity index (χ0n) is 12.8. The van der Waals surface area contributed by atoms with Crippen molar-refractivity contribution in [1.82, 2.24) is 4.90 Å². The van der Waals surface area contributed by atoms with Gasteiger partial charge in [-0.15, -0.1) is 0 Å². The number of carbonyl (C=O) groups excluding carboxylic acids is 2. The molecule has 112 valence electrons. The number of amides is 2. The molecule has 0 aliphatic rings. The van der Waals surface area contributed by atoms with E-state index in [1.807, 2.05) is 6.07 Å². The van der Waals surface area contributed by atoms with Gasteiger partial charge in [-0.3, -0.25) is 9.59 Å². The van der Waals surface area contributed by atoms with Gasteiger partial charge in [-0.1, -0.05) is 25.5 Å². The smallest absolute Gasteiger partial charge is 0.242 e. The van der Waals surface area contributed by atoms with Gasteiger partial charge in [-0.2, -0.15) is 5.26 Å². The lowest BCUT2D eigenvalue weighted by molar-refractivity contribution is -0.130. The van der Waals surface area contributed by atoms with E-state index in [-0.39, 0.29) is 18.4 Å². The van der Waals surface area contributed by atoms with Gasteiger partial charge in [0.05, 0.1) is 11.3 Å². The monoisotopic (exact) mass is 287 g/mol. The Balaban J connectivity index is 2.91. The molecule has 0 saturated heterocycles. The summed E-state index contributed by atoms with van der Waals surface area (Å²) >= 11 is 0. The summed E-state index contributed by atoms with van der Waals surface area (Å²) in [6, 6.07) is 8.84. The maximum Gasteiger partial charge on any atom is 0.242 e. The molecule has 5 nitrogen and oxygen atoms in total. The van der Waals surface area contributed by atoms with Crippen molar-refractivity contribution in [2.24, 2.45) is 0 Å². The number of para-hydroxylation sites is 1. The van der Waals surface area contributed by atoms with Gasteiger partial charge in [0.1, 0.15) is 12.6 Å². The Morgan fingerprint density at radius 2 is 1.95 bits per heavy atom. The number of benzene rings is 1. The van der Waals surface area contributed by atoms with Gasteiger partial charge in [-0.25, -0.2) is 0 Å². The highest BCUT2D eigenvalue weighted by molar-refractivity contribution is 5.98. The maximum absolute atomic E-state index is 12.2. The van der Waals surface area contributed by atoms with Gasteiger partial charge >= 0.3 is 0 Å². The van der Waals surface area contributed by atoms with Crippen LogP contribution in [0.1, 0.15) is 32.3 Å². The standard InChI is InChI=1S/C16H21N3O2/c1-4-5-10-18(3)16(21)12-19(13(2)20)15-9-7-6-8-14(15)11-17/h6-9H,4-5,10,12H2,1-3H3. The fourth-order valence-electron chi connectivity index (χ4n) is 1.95. The lowest BCUT2D eigenvalue weighted by atomic mass is 10.1. The molecular weight excluding hydrogens is 266 g/mol. The third-order valence-corrected chi connectivity index (χ3v) is 3.26. The molecule has 5 heteroatoms. The van der Waals surface area contributed by atoms with E-state index in [0.717, 1.165) is 12.8 Å². The lowest BCUT2D eigenvalue weighted by Crippen LogP contribution is -2.41. The molecule has 0 fully saturated rings. The minimum absolute atomic E-state index is 0.0474. The van der Waals surface area contributed by atoms with Crippen LogP contribution < -0.4 is 4.90 Å². The quantitative estimate of drug-likeness (QED) is 0.805. The van der Waals surface area contributed by atoms with Crippen LogP contribution in [0, 0.1) is 11.3 Å². The maximum atomic E-state index is 12.2. The molecule has 21 heavy (non-hydrogen) atoms. The highest BCUT2D eigenvalue weighted by Gasteiger charge is 2.20. The molecule has 0 radical (unpaired) electrons. The number of likely N-dealkylation sites (N-methyl/N-ethyl adjacent to an activating group) is 1. The van der Waals surface area contributed by atoms with E-state index in [1.54, 1.807) is 36.2 Å². The third-order valence-electron chi connectivity index (χ3n) is 3.26. The largest absolute Gasteiger partial charge is 0.344 e. The van der Waals surface area contributed by atoms with Crippen LogP contribution in [0.4, 0.5) is 5.69 Å². The average molecular weight is 287 g/mol.